The number of thiazole rings is 1. The van der Waals surface area contributed by atoms with Crippen LogP contribution in [0.15, 0.2) is 24.3 Å². The summed E-state index contributed by atoms with van der Waals surface area (Å²) in [5.74, 6) is 0.425. The number of aromatic nitrogens is 3. The molecule has 0 fully saturated rings. The zero-order chi connectivity index (χ0) is 17.6. The Labute approximate surface area is 149 Å². The van der Waals surface area contributed by atoms with Gasteiger partial charge in [-0.25, -0.2) is 19.7 Å². The highest BCUT2D eigenvalue weighted by molar-refractivity contribution is 7.22. The number of carbonyl (C=O) groups is 1. The number of nitrogens with zero attached hydrogens (tertiary/aromatic N) is 3. The van der Waals surface area contributed by atoms with Crippen molar-refractivity contribution in [3.63, 3.8) is 0 Å². The van der Waals surface area contributed by atoms with Crippen molar-refractivity contribution in [2.45, 2.75) is 0 Å². The van der Waals surface area contributed by atoms with Gasteiger partial charge in [0.2, 0.25) is 11.0 Å². The van der Waals surface area contributed by atoms with Gasteiger partial charge < -0.3 is 21.5 Å². The molecule has 0 aliphatic carbocycles. The van der Waals surface area contributed by atoms with Crippen molar-refractivity contribution >= 4 is 60.8 Å². The van der Waals surface area contributed by atoms with Gasteiger partial charge in [-0.15, -0.1) is 11.3 Å². The highest BCUT2D eigenvalue weighted by Crippen LogP contribution is 2.44. The maximum absolute atomic E-state index is 11.1. The van der Waals surface area contributed by atoms with E-state index in [1.807, 2.05) is 24.3 Å². The van der Waals surface area contributed by atoms with E-state index in [1.165, 1.54) is 11.3 Å². The van der Waals surface area contributed by atoms with Crippen molar-refractivity contribution in [2.75, 3.05) is 18.1 Å². The van der Waals surface area contributed by atoms with Gasteiger partial charge in [0, 0.05) is 7.05 Å². The van der Waals surface area contributed by atoms with Gasteiger partial charge in [0.15, 0.2) is 0 Å². The molecule has 0 saturated carbocycles. The first-order valence-corrected chi connectivity index (χ1v) is 8.81. The van der Waals surface area contributed by atoms with Gasteiger partial charge >= 0.3 is 6.09 Å². The molecule has 0 atom stereocenters. The van der Waals surface area contributed by atoms with Crippen LogP contribution in [0.3, 0.4) is 0 Å². The maximum atomic E-state index is 11.1. The number of carbonyl (C=O) groups excluding carboxylic acids is 1. The highest BCUT2D eigenvalue weighted by Gasteiger charge is 2.22. The molecule has 8 nitrogen and oxygen atoms in total. The number of nitrogen functional groups attached to an aromatic ring is 1. The van der Waals surface area contributed by atoms with E-state index < -0.39 is 6.09 Å². The number of para-hydroxylation sites is 1. The molecule has 3 heterocycles. The molecule has 0 bridgehead atoms. The Hall–Kier alpha value is -2.98. The van der Waals surface area contributed by atoms with Crippen LogP contribution in [0.4, 0.5) is 16.4 Å². The maximum Gasteiger partial charge on any atom is 0.410 e. The first-order chi connectivity index (χ1) is 12.1. The number of fused-ring (bicyclic) bond motifs is 2. The number of ether oxygens (including phenoxy) is 1. The third-order valence-corrected chi connectivity index (χ3v) is 5.49. The van der Waals surface area contributed by atoms with Gasteiger partial charge in [0.1, 0.15) is 15.5 Å². The topological polar surface area (TPSA) is 129 Å². The average Bonchev–Trinajstić information content (AvgIpc) is 3.15. The summed E-state index contributed by atoms with van der Waals surface area (Å²) in [5.41, 5.74) is 13.0. The van der Waals surface area contributed by atoms with E-state index in [4.69, 9.17) is 16.2 Å². The van der Waals surface area contributed by atoms with Crippen molar-refractivity contribution < 1.29 is 9.53 Å². The summed E-state index contributed by atoms with van der Waals surface area (Å²) in [7, 11) is 1.72. The summed E-state index contributed by atoms with van der Waals surface area (Å²) in [6, 6.07) is 7.81. The molecule has 0 saturated heterocycles. The Balaban J connectivity index is 2.00. The molecule has 126 valence electrons. The largest absolute Gasteiger partial charge is 0.410 e. The molecule has 0 unspecified atom stereocenters. The SMILES string of the molecule is CNc1nc(-c2nc3ccccc3s2)c2c(N)c(OC(N)=O)sc2n1. The lowest BCUT2D eigenvalue weighted by Gasteiger charge is -2.03. The first-order valence-electron chi connectivity index (χ1n) is 7.18. The highest BCUT2D eigenvalue weighted by atomic mass is 32.1. The Morgan fingerprint density at radius 3 is 2.72 bits per heavy atom. The minimum atomic E-state index is -0.929. The fraction of sp³-hybridized carbons (Fsp3) is 0.0667. The summed E-state index contributed by atoms with van der Waals surface area (Å²) in [5, 5.41) is 4.43. The third kappa shape index (κ3) is 2.61. The number of benzene rings is 1. The van der Waals surface area contributed by atoms with Crippen LogP contribution in [0.25, 0.3) is 31.1 Å². The summed E-state index contributed by atoms with van der Waals surface area (Å²) in [6.07, 6.45) is -0.929. The minimum absolute atomic E-state index is 0.201. The number of hydrogen-bond acceptors (Lipinski definition) is 9. The lowest BCUT2D eigenvalue weighted by atomic mass is 10.2. The molecular formula is C15H12N6O2S2. The minimum Gasteiger partial charge on any atom is -0.397 e. The van der Waals surface area contributed by atoms with Crippen LogP contribution in [-0.2, 0) is 0 Å². The molecule has 3 aromatic heterocycles. The van der Waals surface area contributed by atoms with Crippen LogP contribution in [0.1, 0.15) is 0 Å². The van der Waals surface area contributed by atoms with Crippen LogP contribution in [-0.4, -0.2) is 28.1 Å². The van der Waals surface area contributed by atoms with Crippen LogP contribution in [0, 0.1) is 0 Å². The van der Waals surface area contributed by atoms with Gasteiger partial charge in [-0.2, -0.15) is 0 Å². The second-order valence-electron chi connectivity index (χ2n) is 5.04. The Morgan fingerprint density at radius 1 is 1.20 bits per heavy atom. The fourth-order valence-corrected chi connectivity index (χ4v) is 4.32. The molecule has 1 amide bonds. The number of anilines is 2. The quantitative estimate of drug-likeness (QED) is 0.504. The van der Waals surface area contributed by atoms with Gasteiger partial charge in [-0.05, 0) is 12.1 Å². The van der Waals surface area contributed by atoms with Crippen LogP contribution < -0.4 is 21.5 Å². The standard InChI is InChI=1S/C15H12N6O2S2/c1-18-15-20-10(12-19-6-4-2-3-5-7(6)24-12)8-9(16)13(23-14(17)22)25-11(8)21-15/h2-5H,16H2,1H3,(H2,17,22)(H,18,20,21). The summed E-state index contributed by atoms with van der Waals surface area (Å²) >= 11 is 2.64. The van der Waals surface area contributed by atoms with E-state index in [0.717, 1.165) is 21.6 Å². The smallest absolute Gasteiger partial charge is 0.397 e. The van der Waals surface area contributed by atoms with E-state index in [9.17, 15) is 4.79 Å². The molecule has 0 aliphatic rings. The van der Waals surface area contributed by atoms with Gasteiger partial charge in [0.05, 0.1) is 21.3 Å². The fourth-order valence-electron chi connectivity index (χ4n) is 2.41. The number of thiophene rings is 1. The molecular weight excluding hydrogens is 360 g/mol. The monoisotopic (exact) mass is 372 g/mol. The Bertz CT molecular complexity index is 1090. The Kier molecular flexibility index (Phi) is 3.62. The van der Waals surface area contributed by atoms with Gasteiger partial charge in [0.25, 0.3) is 0 Å². The summed E-state index contributed by atoms with van der Waals surface area (Å²) in [6.45, 7) is 0. The molecule has 1 aromatic carbocycles. The lowest BCUT2D eigenvalue weighted by Crippen LogP contribution is -2.16. The van der Waals surface area contributed by atoms with Gasteiger partial charge in [-0.3, -0.25) is 0 Å². The normalized spacial score (nSPS) is 11.1. The van der Waals surface area contributed by atoms with Crippen LogP contribution >= 0.6 is 22.7 Å². The van der Waals surface area contributed by atoms with Crippen molar-refractivity contribution in [3.05, 3.63) is 24.3 Å². The van der Waals surface area contributed by atoms with Gasteiger partial charge in [-0.1, -0.05) is 23.5 Å². The summed E-state index contributed by atoms with van der Waals surface area (Å²) < 4.78 is 6.02. The second kappa shape index (κ2) is 5.83. The van der Waals surface area contributed by atoms with E-state index in [1.54, 1.807) is 7.05 Å². The van der Waals surface area contributed by atoms with Crippen LogP contribution in [0.5, 0.6) is 5.06 Å². The molecule has 4 aromatic rings. The molecule has 0 radical (unpaired) electrons. The molecule has 0 aliphatic heterocycles. The molecule has 0 spiro atoms. The number of nitrogens with two attached hydrogens (primary N) is 2. The lowest BCUT2D eigenvalue weighted by molar-refractivity contribution is 0.212. The summed E-state index contributed by atoms with van der Waals surface area (Å²) in [4.78, 5) is 25.2. The number of amides is 1. The average molecular weight is 372 g/mol. The van der Waals surface area contributed by atoms with E-state index in [2.05, 4.69) is 20.3 Å². The molecule has 10 heteroatoms. The number of rotatable bonds is 3. The Morgan fingerprint density at radius 2 is 2.00 bits per heavy atom. The molecule has 5 N–H and O–H groups in total. The van der Waals surface area contributed by atoms with Crippen molar-refractivity contribution in [1.29, 1.82) is 0 Å². The predicted molar refractivity (Wildman–Crippen MR) is 100 cm³/mol. The van der Waals surface area contributed by atoms with Crippen molar-refractivity contribution in [1.82, 2.24) is 15.0 Å². The predicted octanol–water partition coefficient (Wildman–Crippen LogP) is 3.05. The van der Waals surface area contributed by atoms with Crippen molar-refractivity contribution in [2.24, 2.45) is 5.73 Å². The third-order valence-electron chi connectivity index (χ3n) is 3.47. The number of nitrogens with one attached hydrogen (secondary N) is 1. The second-order valence-corrected chi connectivity index (χ2v) is 7.03. The molecule has 4 rings (SSSR count). The van der Waals surface area contributed by atoms with Crippen molar-refractivity contribution in [3.8, 4) is 15.8 Å². The van der Waals surface area contributed by atoms with Crippen LogP contribution in [0.2, 0.25) is 0 Å². The number of primary amides is 1. The van der Waals surface area contributed by atoms with E-state index in [0.29, 0.717) is 26.9 Å². The zero-order valence-corrected chi connectivity index (χ0v) is 14.6. The van der Waals surface area contributed by atoms with E-state index in [-0.39, 0.29) is 10.8 Å². The zero-order valence-electron chi connectivity index (χ0n) is 12.9. The van der Waals surface area contributed by atoms with E-state index >= 15 is 0 Å². The molecule has 25 heavy (non-hydrogen) atoms. The number of hydrogen-bond donors (Lipinski definition) is 3. The first kappa shape index (κ1) is 15.5.